The Bertz CT molecular complexity index is 599. The Balaban J connectivity index is 1.96. The zero-order valence-corrected chi connectivity index (χ0v) is 10.8. The Labute approximate surface area is 113 Å². The number of hydrogen-bond donors (Lipinski definition) is 1. The van der Waals surface area contributed by atoms with Crippen molar-refractivity contribution >= 4 is 17.3 Å². The minimum Gasteiger partial charge on any atom is -0.340 e. The fourth-order valence-electron chi connectivity index (χ4n) is 1.54. The van der Waals surface area contributed by atoms with E-state index in [0.717, 1.165) is 5.56 Å². The maximum Gasteiger partial charge on any atom is 0.288 e. The van der Waals surface area contributed by atoms with Gasteiger partial charge < -0.3 is 9.84 Å². The van der Waals surface area contributed by atoms with E-state index in [1.165, 1.54) is 12.1 Å². The molecule has 1 aromatic heterocycles. The minimum atomic E-state index is -0.506. The summed E-state index contributed by atoms with van der Waals surface area (Å²) in [7, 11) is 0. The van der Waals surface area contributed by atoms with E-state index >= 15 is 0 Å². The first-order chi connectivity index (χ1) is 9.06. The van der Waals surface area contributed by atoms with Crippen molar-refractivity contribution in [1.29, 1.82) is 0 Å². The molecule has 0 aliphatic rings. The van der Waals surface area contributed by atoms with Crippen LogP contribution in [0.5, 0.6) is 0 Å². The van der Waals surface area contributed by atoms with Crippen molar-refractivity contribution in [3.8, 4) is 0 Å². The maximum absolute atomic E-state index is 10.7. The topological polar surface area (TPSA) is 94.1 Å². The van der Waals surface area contributed by atoms with Crippen LogP contribution in [0.2, 0.25) is 5.02 Å². The molecule has 0 fully saturated rings. The molecule has 8 heteroatoms. The molecule has 19 heavy (non-hydrogen) atoms. The molecule has 7 nitrogen and oxygen atoms in total. The van der Waals surface area contributed by atoms with Gasteiger partial charge in [-0.15, -0.1) is 0 Å². The number of aryl methyl sites for hydroxylation is 1. The van der Waals surface area contributed by atoms with Gasteiger partial charge in [-0.2, -0.15) is 4.98 Å². The zero-order chi connectivity index (χ0) is 13.8. The Morgan fingerprint density at radius 2 is 2.26 bits per heavy atom. The molecule has 0 aliphatic carbocycles. The van der Waals surface area contributed by atoms with Crippen LogP contribution in [0.25, 0.3) is 0 Å². The molecule has 0 aliphatic heterocycles. The highest BCUT2D eigenvalue weighted by Crippen LogP contribution is 2.24. The van der Waals surface area contributed by atoms with Crippen LogP contribution < -0.4 is 5.32 Å². The predicted molar refractivity (Wildman–Crippen MR) is 67.7 cm³/mol. The smallest absolute Gasteiger partial charge is 0.288 e. The summed E-state index contributed by atoms with van der Waals surface area (Å²) in [5.74, 6) is 1.04. The van der Waals surface area contributed by atoms with E-state index in [0.29, 0.717) is 24.8 Å². The van der Waals surface area contributed by atoms with Gasteiger partial charge in [-0.1, -0.05) is 22.8 Å². The number of aromatic nitrogens is 2. The molecule has 0 atom stereocenters. The molecule has 0 saturated heterocycles. The first-order valence-corrected chi connectivity index (χ1v) is 5.87. The largest absolute Gasteiger partial charge is 0.340 e. The van der Waals surface area contributed by atoms with E-state index in [2.05, 4.69) is 15.5 Å². The van der Waals surface area contributed by atoms with Crippen molar-refractivity contribution in [2.75, 3.05) is 0 Å². The van der Waals surface area contributed by atoms with Crippen LogP contribution in [0.4, 0.5) is 5.69 Å². The molecule has 100 valence electrons. The van der Waals surface area contributed by atoms with Gasteiger partial charge in [0.25, 0.3) is 5.69 Å². The highest BCUT2D eigenvalue weighted by Gasteiger charge is 2.12. The average molecular weight is 283 g/mol. The summed E-state index contributed by atoms with van der Waals surface area (Å²) in [5.41, 5.74) is 0.660. The van der Waals surface area contributed by atoms with E-state index < -0.39 is 4.92 Å². The van der Waals surface area contributed by atoms with Crippen molar-refractivity contribution < 1.29 is 9.45 Å². The van der Waals surface area contributed by atoms with E-state index in [4.69, 9.17) is 16.1 Å². The molecule has 0 radical (unpaired) electrons. The third-order valence-electron chi connectivity index (χ3n) is 2.39. The van der Waals surface area contributed by atoms with Crippen molar-refractivity contribution in [3.63, 3.8) is 0 Å². The molecule has 1 heterocycles. The summed E-state index contributed by atoms with van der Waals surface area (Å²) >= 11 is 5.73. The lowest BCUT2D eigenvalue weighted by Gasteiger charge is -2.03. The van der Waals surface area contributed by atoms with Gasteiger partial charge in [-0.25, -0.2) is 0 Å². The fraction of sp³-hybridized carbons (Fsp3) is 0.273. The number of benzene rings is 1. The van der Waals surface area contributed by atoms with E-state index in [-0.39, 0.29) is 10.7 Å². The quantitative estimate of drug-likeness (QED) is 0.667. The van der Waals surface area contributed by atoms with Crippen molar-refractivity contribution in [3.05, 3.63) is 50.6 Å². The van der Waals surface area contributed by atoms with Gasteiger partial charge in [0.1, 0.15) is 5.02 Å². The summed E-state index contributed by atoms with van der Waals surface area (Å²) < 4.78 is 4.83. The molecule has 0 amide bonds. The lowest BCUT2D eigenvalue weighted by atomic mass is 10.2. The standard InChI is InChI=1S/C11H11ClN4O3/c1-7-14-11(15-19-7)6-13-5-8-2-3-9(12)10(4-8)16(17)18/h2-4,13H,5-6H2,1H3. The Hall–Kier alpha value is -1.99. The molecule has 1 aromatic carbocycles. The third-order valence-corrected chi connectivity index (χ3v) is 2.71. The van der Waals surface area contributed by atoms with Gasteiger partial charge in [0.2, 0.25) is 5.89 Å². The first-order valence-electron chi connectivity index (χ1n) is 5.49. The Morgan fingerprint density at radius 1 is 1.47 bits per heavy atom. The fourth-order valence-corrected chi connectivity index (χ4v) is 1.73. The number of nitrogens with zero attached hydrogens (tertiary/aromatic N) is 3. The second-order valence-corrected chi connectivity index (χ2v) is 4.28. The second-order valence-electron chi connectivity index (χ2n) is 3.88. The lowest BCUT2D eigenvalue weighted by Crippen LogP contribution is -2.13. The highest BCUT2D eigenvalue weighted by molar-refractivity contribution is 6.32. The maximum atomic E-state index is 10.7. The normalized spacial score (nSPS) is 10.6. The van der Waals surface area contributed by atoms with Gasteiger partial charge in [0.05, 0.1) is 11.5 Å². The van der Waals surface area contributed by atoms with Crippen molar-refractivity contribution in [2.45, 2.75) is 20.0 Å². The highest BCUT2D eigenvalue weighted by atomic mass is 35.5. The summed E-state index contributed by atoms with van der Waals surface area (Å²) in [6.45, 7) is 2.58. The number of halogens is 1. The van der Waals surface area contributed by atoms with Crippen LogP contribution in [0.3, 0.4) is 0 Å². The molecule has 2 aromatic rings. The van der Waals surface area contributed by atoms with Crippen LogP contribution in [0, 0.1) is 17.0 Å². The van der Waals surface area contributed by atoms with Gasteiger partial charge in [-0.3, -0.25) is 10.1 Å². The Morgan fingerprint density at radius 3 is 2.89 bits per heavy atom. The first kappa shape index (κ1) is 13.4. The molecule has 0 bridgehead atoms. The van der Waals surface area contributed by atoms with Crippen molar-refractivity contribution in [1.82, 2.24) is 15.5 Å². The zero-order valence-electron chi connectivity index (χ0n) is 10.1. The van der Waals surface area contributed by atoms with Crippen LogP contribution in [0.1, 0.15) is 17.3 Å². The second kappa shape index (κ2) is 5.77. The van der Waals surface area contributed by atoms with Gasteiger partial charge in [0, 0.05) is 19.5 Å². The average Bonchev–Trinajstić information content (AvgIpc) is 2.77. The molecule has 2 rings (SSSR count). The van der Waals surface area contributed by atoms with Gasteiger partial charge >= 0.3 is 0 Å². The number of hydrogen-bond acceptors (Lipinski definition) is 6. The lowest BCUT2D eigenvalue weighted by molar-refractivity contribution is -0.384. The Kier molecular flexibility index (Phi) is 4.08. The minimum absolute atomic E-state index is 0.101. The molecule has 1 N–H and O–H groups in total. The molecule has 0 saturated carbocycles. The van der Waals surface area contributed by atoms with Crippen LogP contribution >= 0.6 is 11.6 Å². The monoisotopic (exact) mass is 282 g/mol. The molecular formula is C11H11ClN4O3. The van der Waals surface area contributed by atoms with E-state index in [9.17, 15) is 10.1 Å². The number of rotatable bonds is 5. The van der Waals surface area contributed by atoms with E-state index in [1.54, 1.807) is 13.0 Å². The van der Waals surface area contributed by atoms with Crippen molar-refractivity contribution in [2.24, 2.45) is 0 Å². The number of nitro benzene ring substituents is 1. The summed E-state index contributed by atoms with van der Waals surface area (Å²) in [6, 6.07) is 4.68. The summed E-state index contributed by atoms with van der Waals surface area (Å²) in [6.07, 6.45) is 0. The number of nitrogens with one attached hydrogen (secondary N) is 1. The predicted octanol–water partition coefficient (Wildman–Crippen LogP) is 2.23. The molecular weight excluding hydrogens is 272 g/mol. The SMILES string of the molecule is Cc1nc(CNCc2ccc(Cl)c([N+](=O)[O-])c2)no1. The van der Waals surface area contributed by atoms with Crippen LogP contribution in [-0.4, -0.2) is 15.1 Å². The van der Waals surface area contributed by atoms with Gasteiger partial charge in [-0.05, 0) is 11.6 Å². The summed E-state index contributed by atoms with van der Waals surface area (Å²) in [4.78, 5) is 14.3. The summed E-state index contributed by atoms with van der Waals surface area (Å²) in [5, 5.41) is 17.7. The molecule has 0 spiro atoms. The third kappa shape index (κ3) is 3.49. The number of nitro groups is 1. The van der Waals surface area contributed by atoms with Crippen LogP contribution in [0.15, 0.2) is 22.7 Å². The van der Waals surface area contributed by atoms with E-state index in [1.807, 2.05) is 0 Å². The van der Waals surface area contributed by atoms with Gasteiger partial charge in [0.15, 0.2) is 5.82 Å². The molecule has 0 unspecified atom stereocenters. The van der Waals surface area contributed by atoms with Crippen LogP contribution in [-0.2, 0) is 13.1 Å².